The first-order valence-electron chi connectivity index (χ1n) is 6.99. The molecule has 1 aromatic heterocycles. The van der Waals surface area contributed by atoms with Gasteiger partial charge in [0.15, 0.2) is 5.58 Å². The summed E-state index contributed by atoms with van der Waals surface area (Å²) in [5.74, 6) is -1.13. The van der Waals surface area contributed by atoms with Crippen LogP contribution >= 0.6 is 0 Å². The molecule has 1 amide bonds. The lowest BCUT2D eigenvalue weighted by Gasteiger charge is -2.30. The van der Waals surface area contributed by atoms with Crippen molar-refractivity contribution in [2.24, 2.45) is 5.92 Å². The van der Waals surface area contributed by atoms with Gasteiger partial charge in [-0.15, -0.1) is 0 Å². The van der Waals surface area contributed by atoms with E-state index in [9.17, 15) is 9.59 Å². The van der Waals surface area contributed by atoms with E-state index >= 15 is 0 Å². The molecule has 0 atom stereocenters. The zero-order valence-electron chi connectivity index (χ0n) is 11.5. The van der Waals surface area contributed by atoms with Crippen molar-refractivity contribution in [3.63, 3.8) is 0 Å². The number of hydrogen-bond donors (Lipinski definition) is 1. The molecular formula is C15H16N2O4. The van der Waals surface area contributed by atoms with E-state index in [1.54, 1.807) is 4.90 Å². The lowest BCUT2D eigenvalue weighted by Crippen LogP contribution is -2.41. The predicted molar refractivity (Wildman–Crippen MR) is 74.7 cm³/mol. The van der Waals surface area contributed by atoms with Gasteiger partial charge in [-0.05, 0) is 25.0 Å². The van der Waals surface area contributed by atoms with Crippen LogP contribution in [0.3, 0.4) is 0 Å². The molecule has 0 spiro atoms. The Kier molecular flexibility index (Phi) is 3.60. The van der Waals surface area contributed by atoms with E-state index in [-0.39, 0.29) is 18.2 Å². The topological polar surface area (TPSA) is 83.6 Å². The molecular weight excluding hydrogens is 272 g/mol. The van der Waals surface area contributed by atoms with Crippen LogP contribution in [-0.4, -0.2) is 40.1 Å². The Labute approximate surface area is 121 Å². The van der Waals surface area contributed by atoms with Gasteiger partial charge in [0, 0.05) is 18.5 Å². The van der Waals surface area contributed by atoms with Gasteiger partial charge >= 0.3 is 5.97 Å². The van der Waals surface area contributed by atoms with Crippen LogP contribution in [0.25, 0.3) is 11.0 Å². The number of hydrogen-bond acceptors (Lipinski definition) is 4. The van der Waals surface area contributed by atoms with Gasteiger partial charge in [0.2, 0.25) is 5.91 Å². The largest absolute Gasteiger partial charge is 0.481 e. The van der Waals surface area contributed by atoms with Crippen molar-refractivity contribution in [1.29, 1.82) is 0 Å². The normalized spacial score (nSPS) is 16.3. The van der Waals surface area contributed by atoms with E-state index in [2.05, 4.69) is 5.16 Å². The van der Waals surface area contributed by atoms with Gasteiger partial charge < -0.3 is 14.5 Å². The standard InChI is InChI=1S/C15H16N2O4/c18-14(17-7-5-10(6-8-17)15(19)20)9-12-11-3-1-2-4-13(11)21-16-12/h1-4,10H,5-9H2,(H,19,20). The first-order chi connectivity index (χ1) is 10.1. The zero-order chi connectivity index (χ0) is 14.8. The number of rotatable bonds is 3. The molecule has 2 heterocycles. The lowest BCUT2D eigenvalue weighted by atomic mass is 9.97. The highest BCUT2D eigenvalue weighted by molar-refractivity contribution is 5.86. The summed E-state index contributed by atoms with van der Waals surface area (Å²) in [7, 11) is 0. The number of nitrogens with zero attached hydrogens (tertiary/aromatic N) is 2. The van der Waals surface area contributed by atoms with Crippen molar-refractivity contribution in [3.05, 3.63) is 30.0 Å². The Bertz CT molecular complexity index is 671. The molecule has 1 aliphatic rings. The number of carboxylic acids is 1. The first-order valence-corrected chi connectivity index (χ1v) is 6.99. The third-order valence-corrected chi connectivity index (χ3v) is 3.97. The molecule has 0 aliphatic carbocycles. The molecule has 1 N–H and O–H groups in total. The summed E-state index contributed by atoms with van der Waals surface area (Å²) in [6, 6.07) is 7.43. The van der Waals surface area contributed by atoms with Crippen LogP contribution in [0.5, 0.6) is 0 Å². The molecule has 1 aliphatic heterocycles. The highest BCUT2D eigenvalue weighted by atomic mass is 16.5. The number of carboxylic acid groups (broad SMARTS) is 1. The second-order valence-electron chi connectivity index (χ2n) is 5.30. The Morgan fingerprint density at radius 2 is 2.00 bits per heavy atom. The van der Waals surface area contributed by atoms with Gasteiger partial charge in [0.1, 0.15) is 5.69 Å². The fraction of sp³-hybridized carbons (Fsp3) is 0.400. The monoisotopic (exact) mass is 288 g/mol. The highest BCUT2D eigenvalue weighted by Gasteiger charge is 2.27. The fourth-order valence-corrected chi connectivity index (χ4v) is 2.70. The summed E-state index contributed by atoms with van der Waals surface area (Å²) in [5, 5.41) is 13.8. The predicted octanol–water partition coefficient (Wildman–Crippen LogP) is 1.69. The maximum absolute atomic E-state index is 12.3. The minimum absolute atomic E-state index is 0.0297. The van der Waals surface area contributed by atoms with Crippen molar-refractivity contribution in [2.75, 3.05) is 13.1 Å². The summed E-state index contributed by atoms with van der Waals surface area (Å²) in [5.41, 5.74) is 1.31. The SMILES string of the molecule is O=C(O)C1CCN(C(=O)Cc2noc3ccccc23)CC1. The quantitative estimate of drug-likeness (QED) is 0.929. The molecule has 1 aromatic carbocycles. The summed E-state index contributed by atoms with van der Waals surface area (Å²) >= 11 is 0. The zero-order valence-corrected chi connectivity index (χ0v) is 11.5. The number of carbonyl (C=O) groups is 2. The number of fused-ring (bicyclic) bond motifs is 1. The summed E-state index contributed by atoms with van der Waals surface area (Å²) < 4.78 is 5.19. The van der Waals surface area contributed by atoms with Crippen LogP contribution < -0.4 is 0 Å². The molecule has 0 saturated carbocycles. The van der Waals surface area contributed by atoms with Crippen LogP contribution in [0.1, 0.15) is 18.5 Å². The molecule has 0 unspecified atom stereocenters. The smallest absolute Gasteiger partial charge is 0.306 e. The molecule has 6 heteroatoms. The van der Waals surface area contributed by atoms with Gasteiger partial charge in [-0.25, -0.2) is 0 Å². The highest BCUT2D eigenvalue weighted by Crippen LogP contribution is 2.21. The molecule has 3 rings (SSSR count). The van der Waals surface area contributed by atoms with Gasteiger partial charge in [0.05, 0.1) is 12.3 Å². The number of aliphatic carboxylic acids is 1. The van der Waals surface area contributed by atoms with Crippen LogP contribution in [0.4, 0.5) is 0 Å². The first kappa shape index (κ1) is 13.6. The van der Waals surface area contributed by atoms with Crippen molar-refractivity contribution < 1.29 is 19.2 Å². The van der Waals surface area contributed by atoms with Gasteiger partial charge in [0.25, 0.3) is 0 Å². The third-order valence-electron chi connectivity index (χ3n) is 3.97. The summed E-state index contributed by atoms with van der Waals surface area (Å²) in [6.07, 6.45) is 1.22. The van der Waals surface area contributed by atoms with Gasteiger partial charge in [-0.2, -0.15) is 0 Å². The average Bonchev–Trinajstić information content (AvgIpc) is 2.91. The molecule has 0 radical (unpaired) electrons. The van der Waals surface area contributed by atoms with Crippen LogP contribution in [0, 0.1) is 5.92 Å². The van der Waals surface area contributed by atoms with E-state index in [1.807, 2.05) is 24.3 Å². The average molecular weight is 288 g/mol. The fourth-order valence-electron chi connectivity index (χ4n) is 2.70. The van der Waals surface area contributed by atoms with Crippen LogP contribution in [0.2, 0.25) is 0 Å². The van der Waals surface area contributed by atoms with Crippen LogP contribution in [-0.2, 0) is 16.0 Å². The molecule has 1 saturated heterocycles. The molecule has 0 bridgehead atoms. The number of amides is 1. The van der Waals surface area contributed by atoms with Crippen LogP contribution in [0.15, 0.2) is 28.8 Å². The number of piperidine rings is 1. The second-order valence-corrected chi connectivity index (χ2v) is 5.30. The number of carbonyl (C=O) groups excluding carboxylic acids is 1. The van der Waals surface area contributed by atoms with E-state index in [0.29, 0.717) is 37.2 Å². The van der Waals surface area contributed by atoms with Gasteiger partial charge in [-0.1, -0.05) is 17.3 Å². The minimum Gasteiger partial charge on any atom is -0.481 e. The molecule has 2 aromatic rings. The Balaban J connectivity index is 1.66. The van der Waals surface area contributed by atoms with E-state index in [0.717, 1.165) is 5.39 Å². The van der Waals surface area contributed by atoms with E-state index in [1.165, 1.54) is 0 Å². The number of benzene rings is 1. The molecule has 21 heavy (non-hydrogen) atoms. The maximum Gasteiger partial charge on any atom is 0.306 e. The third kappa shape index (κ3) is 2.74. The van der Waals surface area contributed by atoms with Crippen molar-refractivity contribution in [1.82, 2.24) is 10.1 Å². The van der Waals surface area contributed by atoms with Crippen molar-refractivity contribution >= 4 is 22.8 Å². The Morgan fingerprint density at radius 3 is 2.71 bits per heavy atom. The van der Waals surface area contributed by atoms with E-state index < -0.39 is 5.97 Å². The molecule has 1 fully saturated rings. The Hall–Kier alpha value is -2.37. The van der Waals surface area contributed by atoms with E-state index in [4.69, 9.17) is 9.63 Å². The number of likely N-dealkylation sites (tertiary alicyclic amines) is 1. The summed E-state index contributed by atoms with van der Waals surface area (Å²) in [6.45, 7) is 0.983. The van der Waals surface area contributed by atoms with Crippen molar-refractivity contribution in [2.45, 2.75) is 19.3 Å². The maximum atomic E-state index is 12.3. The second kappa shape index (κ2) is 5.55. The lowest BCUT2D eigenvalue weighted by molar-refractivity contribution is -0.145. The summed E-state index contributed by atoms with van der Waals surface area (Å²) in [4.78, 5) is 24.9. The Morgan fingerprint density at radius 1 is 1.29 bits per heavy atom. The number of para-hydroxylation sites is 1. The molecule has 110 valence electrons. The van der Waals surface area contributed by atoms with Gasteiger partial charge in [-0.3, -0.25) is 9.59 Å². The molecule has 6 nitrogen and oxygen atoms in total. The van der Waals surface area contributed by atoms with Crippen molar-refractivity contribution in [3.8, 4) is 0 Å². The minimum atomic E-state index is -0.774. The number of aromatic nitrogens is 1.